The van der Waals surface area contributed by atoms with Crippen molar-refractivity contribution < 1.29 is 13.9 Å². The first-order chi connectivity index (χ1) is 17.0. The zero-order chi connectivity index (χ0) is 24.4. The summed E-state index contributed by atoms with van der Waals surface area (Å²) in [6, 6.07) is 15.1. The lowest BCUT2D eigenvalue weighted by Crippen LogP contribution is -2.25. The van der Waals surface area contributed by atoms with Crippen LogP contribution in [0.1, 0.15) is 30.7 Å². The highest BCUT2D eigenvalue weighted by atomic mass is 19.3. The molecule has 9 heteroatoms. The fourth-order valence-corrected chi connectivity index (χ4v) is 4.54. The molecule has 0 aliphatic carbocycles. The van der Waals surface area contributed by atoms with Crippen LogP contribution in [0.3, 0.4) is 0 Å². The maximum Gasteiger partial charge on any atom is 0.266 e. The van der Waals surface area contributed by atoms with Crippen LogP contribution in [-0.4, -0.2) is 50.4 Å². The van der Waals surface area contributed by atoms with E-state index in [9.17, 15) is 13.9 Å². The van der Waals surface area contributed by atoms with E-state index >= 15 is 0 Å². The van der Waals surface area contributed by atoms with Gasteiger partial charge in [-0.3, -0.25) is 4.98 Å². The Hall–Kier alpha value is -3.43. The second-order valence-electron chi connectivity index (χ2n) is 8.92. The first kappa shape index (κ1) is 23.3. The van der Waals surface area contributed by atoms with Crippen LogP contribution in [0.15, 0.2) is 54.7 Å². The first-order valence-electron chi connectivity index (χ1n) is 11.9. The number of nitrogens with zero attached hydrogens (tertiary/aromatic N) is 5. The summed E-state index contributed by atoms with van der Waals surface area (Å²) < 4.78 is 30.0. The fourth-order valence-electron chi connectivity index (χ4n) is 4.54. The van der Waals surface area contributed by atoms with Gasteiger partial charge in [0, 0.05) is 35.3 Å². The molecular weight excluding hydrogens is 450 g/mol. The number of benzene rings is 1. The van der Waals surface area contributed by atoms with Gasteiger partial charge >= 0.3 is 0 Å². The van der Waals surface area contributed by atoms with Gasteiger partial charge in [-0.15, -0.1) is 0 Å². The summed E-state index contributed by atoms with van der Waals surface area (Å²) in [5.41, 5.74) is 10.2. The van der Waals surface area contributed by atoms with E-state index in [2.05, 4.69) is 10.1 Å². The smallest absolute Gasteiger partial charge is 0.266 e. The predicted octanol–water partition coefficient (Wildman–Crippen LogP) is 4.10. The molecule has 0 atom stereocenters. The van der Waals surface area contributed by atoms with Crippen LogP contribution in [0.4, 0.5) is 14.5 Å². The van der Waals surface area contributed by atoms with Crippen LogP contribution < -0.4 is 10.6 Å². The average molecular weight is 479 g/mol. The molecule has 0 unspecified atom stereocenters. The minimum Gasteiger partial charge on any atom is -0.390 e. The first-order valence-corrected chi connectivity index (χ1v) is 11.9. The molecule has 1 saturated heterocycles. The van der Waals surface area contributed by atoms with Gasteiger partial charge < -0.3 is 15.7 Å². The summed E-state index contributed by atoms with van der Waals surface area (Å²) in [5, 5.41) is 14.8. The van der Waals surface area contributed by atoms with E-state index in [1.807, 2.05) is 30.3 Å². The third-order valence-corrected chi connectivity index (χ3v) is 6.34. The van der Waals surface area contributed by atoms with Crippen LogP contribution in [0.2, 0.25) is 0 Å². The predicted molar refractivity (Wildman–Crippen MR) is 132 cm³/mol. The highest BCUT2D eigenvalue weighted by Crippen LogP contribution is 2.38. The molecule has 0 spiro atoms. The van der Waals surface area contributed by atoms with Gasteiger partial charge in [0.25, 0.3) is 5.92 Å². The van der Waals surface area contributed by atoms with E-state index < -0.39 is 5.92 Å². The molecule has 3 aromatic heterocycles. The van der Waals surface area contributed by atoms with E-state index in [-0.39, 0.29) is 26.1 Å². The number of halogens is 2. The van der Waals surface area contributed by atoms with Crippen molar-refractivity contribution >= 4 is 16.6 Å². The van der Waals surface area contributed by atoms with E-state index in [0.717, 1.165) is 47.1 Å². The number of nitrogens with two attached hydrogens (primary N) is 1. The summed E-state index contributed by atoms with van der Waals surface area (Å²) >= 11 is 0. The minimum absolute atomic E-state index is 0.179. The van der Waals surface area contributed by atoms with Crippen LogP contribution in [0, 0.1) is 0 Å². The number of alkyl halides is 2. The van der Waals surface area contributed by atoms with Crippen molar-refractivity contribution in [2.45, 2.75) is 38.2 Å². The molecule has 1 fully saturated rings. The van der Waals surface area contributed by atoms with Crippen molar-refractivity contribution in [2.75, 3.05) is 24.5 Å². The number of aliphatic hydroxyl groups is 1. The number of hydrogen-bond donors (Lipinski definition) is 2. The number of hydrogen-bond acceptors (Lipinski definition) is 6. The molecule has 1 aliphatic rings. The molecule has 7 nitrogen and oxygen atoms in total. The van der Waals surface area contributed by atoms with Crippen LogP contribution in [0.25, 0.3) is 28.0 Å². The average Bonchev–Trinajstić information content (AvgIpc) is 3.46. The molecule has 0 amide bonds. The quantitative estimate of drug-likeness (QED) is 0.371. The SMILES string of the molecule is NCCCCc1cccc(-c2cc(N3CCC(F)(F)C3)c3cnn(-c4cccc(CO)n4)c3c2)n1. The molecule has 3 N–H and O–H groups in total. The van der Waals surface area contributed by atoms with Crippen molar-refractivity contribution in [3.05, 3.63) is 66.1 Å². The number of fused-ring (bicyclic) bond motifs is 1. The Morgan fingerprint density at radius 1 is 1.03 bits per heavy atom. The summed E-state index contributed by atoms with van der Waals surface area (Å²) in [7, 11) is 0. The molecule has 1 aliphatic heterocycles. The number of aliphatic hydroxyl groups excluding tert-OH is 1. The van der Waals surface area contributed by atoms with E-state index in [1.165, 1.54) is 0 Å². The van der Waals surface area contributed by atoms with Gasteiger partial charge in [0.1, 0.15) is 0 Å². The van der Waals surface area contributed by atoms with Gasteiger partial charge in [0.2, 0.25) is 0 Å². The lowest BCUT2D eigenvalue weighted by atomic mass is 10.1. The molecular formula is C26H28F2N6O. The second-order valence-corrected chi connectivity index (χ2v) is 8.92. The fraction of sp³-hybridized carbons (Fsp3) is 0.346. The Balaban J connectivity index is 1.63. The maximum atomic E-state index is 14.1. The Morgan fingerprint density at radius 2 is 1.86 bits per heavy atom. The molecule has 182 valence electrons. The molecule has 5 rings (SSSR count). The topological polar surface area (TPSA) is 93.1 Å². The normalized spacial score (nSPS) is 15.3. The van der Waals surface area contributed by atoms with Crippen LogP contribution >= 0.6 is 0 Å². The Morgan fingerprint density at radius 3 is 2.63 bits per heavy atom. The van der Waals surface area contributed by atoms with Crippen LogP contribution in [0.5, 0.6) is 0 Å². The Labute approximate surface area is 202 Å². The number of aryl methyl sites for hydroxylation is 1. The molecule has 35 heavy (non-hydrogen) atoms. The molecule has 0 radical (unpaired) electrons. The van der Waals surface area contributed by atoms with Crippen molar-refractivity contribution in [2.24, 2.45) is 5.73 Å². The second kappa shape index (κ2) is 9.67. The van der Waals surface area contributed by atoms with Crippen molar-refractivity contribution in [1.82, 2.24) is 19.7 Å². The summed E-state index contributed by atoms with van der Waals surface area (Å²) in [4.78, 5) is 11.1. The third kappa shape index (κ3) is 4.87. The number of rotatable bonds is 8. The molecule has 4 heterocycles. The van der Waals surface area contributed by atoms with Crippen LogP contribution in [-0.2, 0) is 13.0 Å². The van der Waals surface area contributed by atoms with Gasteiger partial charge in [0.05, 0.1) is 36.3 Å². The Bertz CT molecular complexity index is 1340. The lowest BCUT2D eigenvalue weighted by molar-refractivity contribution is 0.0257. The molecule has 0 bridgehead atoms. The van der Waals surface area contributed by atoms with Gasteiger partial charge in [0.15, 0.2) is 5.82 Å². The number of unbranched alkanes of at least 4 members (excludes halogenated alkanes) is 1. The van der Waals surface area contributed by atoms with E-state index in [1.54, 1.807) is 34.0 Å². The van der Waals surface area contributed by atoms with Crippen molar-refractivity contribution in [3.63, 3.8) is 0 Å². The highest BCUT2D eigenvalue weighted by Gasteiger charge is 2.39. The monoisotopic (exact) mass is 478 g/mol. The third-order valence-electron chi connectivity index (χ3n) is 6.34. The molecule has 4 aromatic rings. The van der Waals surface area contributed by atoms with Crippen molar-refractivity contribution in [3.8, 4) is 17.1 Å². The lowest BCUT2D eigenvalue weighted by Gasteiger charge is -2.20. The van der Waals surface area contributed by atoms with Crippen molar-refractivity contribution in [1.29, 1.82) is 0 Å². The summed E-state index contributed by atoms with van der Waals surface area (Å²) in [5.74, 6) is -2.18. The number of pyridine rings is 2. The van der Waals surface area contributed by atoms with Gasteiger partial charge in [-0.1, -0.05) is 12.1 Å². The van der Waals surface area contributed by atoms with Gasteiger partial charge in [-0.25, -0.2) is 18.4 Å². The maximum absolute atomic E-state index is 14.1. The van der Waals surface area contributed by atoms with Gasteiger partial charge in [-0.05, 0) is 62.2 Å². The van der Waals surface area contributed by atoms with Gasteiger partial charge in [-0.2, -0.15) is 5.10 Å². The van der Waals surface area contributed by atoms with E-state index in [4.69, 9.17) is 10.7 Å². The Kier molecular flexibility index (Phi) is 6.44. The zero-order valence-electron chi connectivity index (χ0n) is 19.4. The van der Waals surface area contributed by atoms with E-state index in [0.29, 0.717) is 23.7 Å². The zero-order valence-corrected chi connectivity index (χ0v) is 19.4. The number of anilines is 1. The summed E-state index contributed by atoms with van der Waals surface area (Å²) in [6.45, 7) is 0.395. The standard InChI is InChI=1S/C26H28F2N6O/c27-26(28)10-12-33(17-26)23-13-18(22-8-3-6-19(31-22)5-1-2-11-29)14-24-21(23)15-30-34(24)25-9-4-7-20(16-35)32-25/h3-4,6-9,13-15,35H,1-2,5,10-12,16-17,29H2. The molecule has 0 saturated carbocycles. The minimum atomic E-state index is -2.73. The largest absolute Gasteiger partial charge is 0.390 e. The molecule has 1 aromatic carbocycles. The summed E-state index contributed by atoms with van der Waals surface area (Å²) in [6.07, 6.45) is 4.23. The number of aromatic nitrogens is 4. The highest BCUT2D eigenvalue weighted by molar-refractivity contribution is 5.96.